The van der Waals surface area contributed by atoms with Gasteiger partial charge in [0.2, 0.25) is 5.91 Å². The van der Waals surface area contributed by atoms with Crippen LogP contribution in [-0.4, -0.2) is 77.6 Å². The van der Waals surface area contributed by atoms with Crippen molar-refractivity contribution in [3.05, 3.63) is 131 Å². The molecule has 270 valence electrons. The molecule has 3 fully saturated rings. The Morgan fingerprint density at radius 3 is 2.02 bits per heavy atom. The summed E-state index contributed by atoms with van der Waals surface area (Å²) in [6.07, 6.45) is 5.95. The minimum atomic E-state index is -0.871. The molecule has 0 spiro atoms. The van der Waals surface area contributed by atoms with E-state index in [9.17, 15) is 14.4 Å². The Morgan fingerprint density at radius 1 is 0.769 bits per heavy atom. The van der Waals surface area contributed by atoms with E-state index in [0.29, 0.717) is 36.1 Å². The number of urea groups is 1. The highest BCUT2D eigenvalue weighted by Crippen LogP contribution is 2.36. The number of hydrogen-bond donors (Lipinski definition) is 1. The molecule has 2 heterocycles. The van der Waals surface area contributed by atoms with Gasteiger partial charge in [0.25, 0.3) is 5.91 Å². The SMILES string of the molecule is CCOc1ccccc1CC1C(=O)N(C(=O)NC(c2ccccc2)c2ccccc2)C1Oc1ccc(C(=O)N2CCN(C3CCCCC3)CC2)cc1. The van der Waals surface area contributed by atoms with E-state index in [4.69, 9.17) is 9.47 Å². The Balaban J connectivity index is 1.08. The minimum Gasteiger partial charge on any atom is -0.494 e. The molecular weight excluding hydrogens is 652 g/mol. The second kappa shape index (κ2) is 16.5. The minimum absolute atomic E-state index is 0.00736. The summed E-state index contributed by atoms with van der Waals surface area (Å²) in [6, 6.07) is 33.7. The van der Waals surface area contributed by atoms with Crippen LogP contribution in [0.1, 0.15) is 72.1 Å². The Hall–Kier alpha value is -5.15. The largest absolute Gasteiger partial charge is 0.494 e. The maximum atomic E-state index is 14.0. The predicted octanol–water partition coefficient (Wildman–Crippen LogP) is 7.08. The number of amides is 4. The van der Waals surface area contributed by atoms with Crippen LogP contribution in [0.15, 0.2) is 109 Å². The van der Waals surface area contributed by atoms with Gasteiger partial charge in [0, 0.05) is 37.8 Å². The molecule has 9 heteroatoms. The second-order valence-electron chi connectivity index (χ2n) is 13.9. The first-order valence-corrected chi connectivity index (χ1v) is 18.7. The molecule has 1 aliphatic carbocycles. The molecule has 4 aromatic carbocycles. The van der Waals surface area contributed by atoms with Gasteiger partial charge >= 0.3 is 6.03 Å². The number of imide groups is 1. The van der Waals surface area contributed by atoms with Crippen molar-refractivity contribution in [2.75, 3.05) is 32.8 Å². The average Bonchev–Trinajstić information content (AvgIpc) is 3.20. The second-order valence-corrected chi connectivity index (χ2v) is 13.9. The van der Waals surface area contributed by atoms with Crippen LogP contribution in [0.4, 0.5) is 4.79 Å². The third-order valence-electron chi connectivity index (χ3n) is 10.7. The van der Waals surface area contributed by atoms with E-state index < -0.39 is 24.2 Å². The number of carbonyl (C=O) groups excluding carboxylic acids is 3. The van der Waals surface area contributed by atoms with E-state index in [1.54, 1.807) is 24.3 Å². The molecular formula is C43H48N4O5. The van der Waals surface area contributed by atoms with Crippen LogP contribution >= 0.6 is 0 Å². The number of rotatable bonds is 11. The monoisotopic (exact) mass is 700 g/mol. The molecule has 0 radical (unpaired) electrons. The number of likely N-dealkylation sites (tertiary alicyclic amines) is 1. The molecule has 4 amide bonds. The van der Waals surface area contributed by atoms with Crippen LogP contribution in [0.3, 0.4) is 0 Å². The van der Waals surface area contributed by atoms with Crippen LogP contribution in [0, 0.1) is 5.92 Å². The molecule has 2 saturated heterocycles. The lowest BCUT2D eigenvalue weighted by atomic mass is 9.88. The molecule has 9 nitrogen and oxygen atoms in total. The summed E-state index contributed by atoms with van der Waals surface area (Å²) in [6.45, 7) is 5.68. The maximum Gasteiger partial charge on any atom is 0.327 e. The van der Waals surface area contributed by atoms with Crippen molar-refractivity contribution in [3.63, 3.8) is 0 Å². The summed E-state index contributed by atoms with van der Waals surface area (Å²) in [5.74, 6) is 0.233. The zero-order chi connectivity index (χ0) is 35.9. The van der Waals surface area contributed by atoms with Gasteiger partial charge in [-0.2, -0.15) is 0 Å². The van der Waals surface area contributed by atoms with E-state index in [1.165, 1.54) is 37.0 Å². The molecule has 7 rings (SSSR count). The Morgan fingerprint density at radius 2 is 1.38 bits per heavy atom. The van der Waals surface area contributed by atoms with Crippen molar-refractivity contribution in [1.82, 2.24) is 20.0 Å². The van der Waals surface area contributed by atoms with Crippen molar-refractivity contribution in [2.24, 2.45) is 5.92 Å². The van der Waals surface area contributed by atoms with Crippen molar-refractivity contribution in [3.8, 4) is 11.5 Å². The summed E-state index contributed by atoms with van der Waals surface area (Å²) in [5.41, 5.74) is 3.25. The number of ether oxygens (including phenoxy) is 2. The molecule has 1 N–H and O–H groups in total. The van der Waals surface area contributed by atoms with Crippen molar-refractivity contribution < 1.29 is 23.9 Å². The van der Waals surface area contributed by atoms with Crippen LogP contribution in [0.2, 0.25) is 0 Å². The third kappa shape index (κ3) is 7.84. The summed E-state index contributed by atoms with van der Waals surface area (Å²) in [7, 11) is 0. The number of hydrogen-bond acceptors (Lipinski definition) is 6. The van der Waals surface area contributed by atoms with Gasteiger partial charge < -0.3 is 19.7 Å². The molecule has 0 aromatic heterocycles. The first-order valence-electron chi connectivity index (χ1n) is 18.7. The molecule has 2 aliphatic heterocycles. The zero-order valence-electron chi connectivity index (χ0n) is 29.9. The number of nitrogens with zero attached hydrogens (tertiary/aromatic N) is 3. The molecule has 2 atom stereocenters. The van der Waals surface area contributed by atoms with Gasteiger partial charge in [-0.1, -0.05) is 98.1 Å². The van der Waals surface area contributed by atoms with Gasteiger partial charge in [-0.3, -0.25) is 14.5 Å². The molecule has 1 saturated carbocycles. The fourth-order valence-electron chi connectivity index (χ4n) is 7.85. The van der Waals surface area contributed by atoms with E-state index in [-0.39, 0.29) is 11.8 Å². The molecule has 3 aliphatic rings. The van der Waals surface area contributed by atoms with Gasteiger partial charge in [0.1, 0.15) is 11.5 Å². The summed E-state index contributed by atoms with van der Waals surface area (Å²) >= 11 is 0. The van der Waals surface area contributed by atoms with Crippen molar-refractivity contribution in [2.45, 2.75) is 63.8 Å². The van der Waals surface area contributed by atoms with E-state index in [1.807, 2.05) is 96.8 Å². The van der Waals surface area contributed by atoms with E-state index >= 15 is 0 Å². The van der Waals surface area contributed by atoms with Crippen molar-refractivity contribution >= 4 is 17.8 Å². The lowest BCUT2D eigenvalue weighted by molar-refractivity contribution is -0.166. The lowest BCUT2D eigenvalue weighted by Crippen LogP contribution is -2.68. The maximum absolute atomic E-state index is 14.0. The number of nitrogens with one attached hydrogen (secondary N) is 1. The summed E-state index contributed by atoms with van der Waals surface area (Å²) in [5, 5.41) is 3.11. The summed E-state index contributed by atoms with van der Waals surface area (Å²) in [4.78, 5) is 47.1. The smallest absolute Gasteiger partial charge is 0.327 e. The molecule has 52 heavy (non-hydrogen) atoms. The number of carbonyl (C=O) groups is 3. The standard InChI is InChI=1S/C43H48N4O5/c1-2-51-38-21-13-12-18-34(38)30-37-41(49)47(43(50)44-39(31-14-6-3-7-15-31)32-16-8-4-9-17-32)42(37)52-36-24-22-33(23-25-36)40(48)46-28-26-45(27-29-46)35-19-10-5-11-20-35/h3-4,6-9,12-18,21-25,35,37,39,42H,2,5,10-11,19-20,26-30H2,1H3,(H,44,50). The predicted molar refractivity (Wildman–Crippen MR) is 200 cm³/mol. The van der Waals surface area contributed by atoms with Crippen LogP contribution in [-0.2, 0) is 11.2 Å². The van der Waals surface area contributed by atoms with Gasteiger partial charge in [0.05, 0.1) is 18.6 Å². The van der Waals surface area contributed by atoms with E-state index in [2.05, 4.69) is 10.2 Å². The van der Waals surface area contributed by atoms with E-state index in [0.717, 1.165) is 42.9 Å². The highest BCUT2D eigenvalue weighted by Gasteiger charge is 2.53. The third-order valence-corrected chi connectivity index (χ3v) is 10.7. The average molecular weight is 701 g/mol. The first-order chi connectivity index (χ1) is 25.5. The number of para-hydroxylation sites is 1. The number of benzene rings is 4. The highest BCUT2D eigenvalue weighted by atomic mass is 16.5. The van der Waals surface area contributed by atoms with Gasteiger partial charge in [-0.05, 0) is 73.2 Å². The fraction of sp³-hybridized carbons (Fsp3) is 0.372. The quantitative estimate of drug-likeness (QED) is 0.168. The zero-order valence-corrected chi connectivity index (χ0v) is 29.9. The Kier molecular flexibility index (Phi) is 11.2. The first kappa shape index (κ1) is 35.3. The van der Waals surface area contributed by atoms with Gasteiger partial charge in [0.15, 0.2) is 6.23 Å². The van der Waals surface area contributed by atoms with Crippen LogP contribution in [0.25, 0.3) is 0 Å². The lowest BCUT2D eigenvalue weighted by Gasteiger charge is -2.45. The topological polar surface area (TPSA) is 91.4 Å². The number of piperazine rings is 1. The van der Waals surface area contributed by atoms with Gasteiger partial charge in [-0.25, -0.2) is 9.69 Å². The normalized spacial score (nSPS) is 19.6. The Bertz CT molecular complexity index is 1760. The van der Waals surface area contributed by atoms with Crippen LogP contribution < -0.4 is 14.8 Å². The molecule has 0 bridgehead atoms. The van der Waals surface area contributed by atoms with Gasteiger partial charge in [-0.15, -0.1) is 0 Å². The highest BCUT2D eigenvalue weighted by molar-refractivity contribution is 6.01. The summed E-state index contributed by atoms with van der Waals surface area (Å²) < 4.78 is 12.3. The van der Waals surface area contributed by atoms with Crippen molar-refractivity contribution in [1.29, 1.82) is 0 Å². The molecule has 4 aromatic rings. The fourth-order valence-corrected chi connectivity index (χ4v) is 7.85. The Labute approximate surface area is 306 Å². The molecule has 2 unspecified atom stereocenters. The number of β-lactam (4-membered cyclic amide) rings is 1. The van der Waals surface area contributed by atoms with Crippen LogP contribution in [0.5, 0.6) is 11.5 Å².